The largest absolute Gasteiger partial charge is 0.372 e. The van der Waals surface area contributed by atoms with Crippen molar-refractivity contribution in [2.45, 2.75) is 50.8 Å². The van der Waals surface area contributed by atoms with Crippen molar-refractivity contribution in [3.8, 4) is 5.97 Å². The monoisotopic (exact) mass is 378 g/mol. The van der Waals surface area contributed by atoms with Crippen LogP contribution in [0.15, 0.2) is 18.6 Å². The van der Waals surface area contributed by atoms with Gasteiger partial charge in [-0.3, -0.25) is 4.79 Å². The van der Waals surface area contributed by atoms with E-state index in [2.05, 4.69) is 37.3 Å². The summed E-state index contributed by atoms with van der Waals surface area (Å²) in [4.78, 5) is 21.4. The maximum absolute atomic E-state index is 12.7. The van der Waals surface area contributed by atoms with Gasteiger partial charge in [-0.2, -0.15) is 0 Å². The maximum Gasteiger partial charge on any atom is 0.267 e. The Morgan fingerprint density at radius 3 is 2.89 bits per heavy atom. The quantitative estimate of drug-likeness (QED) is 0.780. The third-order valence-electron chi connectivity index (χ3n) is 6.51. The average molecular weight is 378 g/mol. The van der Waals surface area contributed by atoms with E-state index in [-0.39, 0.29) is 18.5 Å². The van der Waals surface area contributed by atoms with E-state index in [1.807, 2.05) is 13.1 Å². The summed E-state index contributed by atoms with van der Waals surface area (Å²) >= 11 is 0. The van der Waals surface area contributed by atoms with Crippen molar-refractivity contribution >= 4 is 29.5 Å². The van der Waals surface area contributed by atoms with Gasteiger partial charge in [-0.25, -0.2) is 15.2 Å². The van der Waals surface area contributed by atoms with Gasteiger partial charge in [0.2, 0.25) is 5.91 Å². The number of anilines is 1. The minimum atomic E-state index is 0.0727. The fourth-order valence-electron chi connectivity index (χ4n) is 4.80. The average Bonchev–Trinajstić information content (AvgIpc) is 3.39. The van der Waals surface area contributed by atoms with Crippen LogP contribution in [0.5, 0.6) is 0 Å². The molecule has 1 amide bonds. The van der Waals surface area contributed by atoms with Gasteiger partial charge in [-0.05, 0) is 31.2 Å². The highest BCUT2D eigenvalue weighted by Crippen LogP contribution is 2.37. The van der Waals surface area contributed by atoms with Crippen molar-refractivity contribution in [1.82, 2.24) is 19.9 Å². The highest BCUT2D eigenvalue weighted by molar-refractivity contribution is 6.67. The highest BCUT2D eigenvalue weighted by atomic mass is 16.1. The summed E-state index contributed by atoms with van der Waals surface area (Å²) in [7, 11) is 1.86. The maximum atomic E-state index is 12.7. The molecule has 0 radical (unpaired) electrons. The molecule has 2 aromatic rings. The summed E-state index contributed by atoms with van der Waals surface area (Å²) in [6, 6.07) is 2.35. The SMILES string of the molecule is CNc1ncnc2c1ccn2C1CCC(C(=O)NCC2CCB(C#N)CC2)C1. The van der Waals surface area contributed by atoms with Gasteiger partial charge in [0.15, 0.2) is 0 Å². The summed E-state index contributed by atoms with van der Waals surface area (Å²) in [5, 5.41) is 16.3. The highest BCUT2D eigenvalue weighted by Gasteiger charge is 2.32. The van der Waals surface area contributed by atoms with Crippen molar-refractivity contribution in [3.05, 3.63) is 18.6 Å². The number of fused-ring (bicyclic) bond motifs is 1. The molecule has 146 valence electrons. The van der Waals surface area contributed by atoms with E-state index in [0.29, 0.717) is 12.0 Å². The Balaban J connectivity index is 1.33. The van der Waals surface area contributed by atoms with E-state index >= 15 is 0 Å². The Hall–Kier alpha value is -2.56. The molecule has 7 nitrogen and oxygen atoms in total. The zero-order valence-electron chi connectivity index (χ0n) is 16.4. The number of nitriles is 1. The molecule has 2 N–H and O–H groups in total. The molecule has 2 fully saturated rings. The number of nitrogens with zero attached hydrogens (tertiary/aromatic N) is 4. The van der Waals surface area contributed by atoms with Crippen LogP contribution in [0.1, 0.15) is 38.1 Å². The number of nitrogens with one attached hydrogen (secondary N) is 2. The fourth-order valence-corrected chi connectivity index (χ4v) is 4.80. The summed E-state index contributed by atoms with van der Waals surface area (Å²) in [6.45, 7) is 0.967. The van der Waals surface area contributed by atoms with Gasteiger partial charge in [-0.1, -0.05) is 25.5 Å². The standard InChI is InChI=1S/C20H27BN6O/c1-23-18-17-6-9-27(19(17)26-13-25-18)16-3-2-15(10-16)20(28)24-11-14-4-7-21(12-22)8-5-14/h6,9,13-16H,2-5,7-8,10-11H2,1H3,(H,24,28)(H,23,25,26). The Kier molecular flexibility index (Phi) is 5.51. The molecule has 1 saturated heterocycles. The zero-order chi connectivity index (χ0) is 19.5. The lowest BCUT2D eigenvalue weighted by atomic mass is 9.42. The summed E-state index contributed by atoms with van der Waals surface area (Å²) in [5.41, 5.74) is 0.930. The first-order chi connectivity index (χ1) is 13.7. The predicted molar refractivity (Wildman–Crippen MR) is 110 cm³/mol. The first kappa shape index (κ1) is 18.8. The van der Waals surface area contributed by atoms with E-state index in [9.17, 15) is 4.79 Å². The van der Waals surface area contributed by atoms with E-state index in [0.717, 1.165) is 68.1 Å². The van der Waals surface area contributed by atoms with Gasteiger partial charge in [0, 0.05) is 37.7 Å². The van der Waals surface area contributed by atoms with Crippen LogP contribution in [-0.2, 0) is 4.79 Å². The van der Waals surface area contributed by atoms with Crippen LogP contribution in [0.3, 0.4) is 0 Å². The molecule has 28 heavy (non-hydrogen) atoms. The molecule has 0 bridgehead atoms. The van der Waals surface area contributed by atoms with Crippen LogP contribution in [0, 0.1) is 23.1 Å². The van der Waals surface area contributed by atoms with Crippen LogP contribution in [-0.4, -0.2) is 40.7 Å². The minimum absolute atomic E-state index is 0.0727. The van der Waals surface area contributed by atoms with E-state index in [1.54, 1.807) is 6.33 Å². The number of amides is 1. The first-order valence-corrected chi connectivity index (χ1v) is 10.4. The van der Waals surface area contributed by atoms with Crippen molar-refractivity contribution in [1.29, 1.82) is 5.26 Å². The lowest BCUT2D eigenvalue weighted by Gasteiger charge is -2.24. The van der Waals surface area contributed by atoms with Crippen molar-refractivity contribution in [3.63, 3.8) is 0 Å². The number of hydrogen-bond acceptors (Lipinski definition) is 5. The second-order valence-corrected chi connectivity index (χ2v) is 8.19. The molecular formula is C20H27BN6O. The molecule has 0 spiro atoms. The zero-order valence-corrected chi connectivity index (χ0v) is 16.4. The minimum Gasteiger partial charge on any atom is -0.372 e. The second kappa shape index (κ2) is 8.21. The molecule has 1 aliphatic carbocycles. The summed E-state index contributed by atoms with van der Waals surface area (Å²) < 4.78 is 2.20. The smallest absolute Gasteiger partial charge is 0.267 e. The van der Waals surface area contributed by atoms with Crippen molar-refractivity contribution < 1.29 is 4.79 Å². The Morgan fingerprint density at radius 1 is 1.32 bits per heavy atom. The van der Waals surface area contributed by atoms with Gasteiger partial charge in [-0.15, -0.1) is 0 Å². The number of carbonyl (C=O) groups is 1. The topological polar surface area (TPSA) is 95.6 Å². The number of aromatic nitrogens is 3. The van der Waals surface area contributed by atoms with Crippen LogP contribution in [0.2, 0.25) is 12.6 Å². The number of rotatable bonds is 5. The van der Waals surface area contributed by atoms with E-state index in [1.165, 1.54) is 0 Å². The van der Waals surface area contributed by atoms with Gasteiger partial charge in [0.05, 0.1) is 5.39 Å². The lowest BCUT2D eigenvalue weighted by Crippen LogP contribution is -2.35. The van der Waals surface area contributed by atoms with Crippen LogP contribution in [0.25, 0.3) is 11.0 Å². The van der Waals surface area contributed by atoms with Gasteiger partial charge in [0.25, 0.3) is 6.71 Å². The second-order valence-electron chi connectivity index (χ2n) is 8.19. The normalized spacial score (nSPS) is 22.9. The van der Waals surface area contributed by atoms with E-state index in [4.69, 9.17) is 5.26 Å². The molecule has 1 aliphatic heterocycles. The molecule has 8 heteroatoms. The van der Waals surface area contributed by atoms with Gasteiger partial charge in [0.1, 0.15) is 17.8 Å². The Morgan fingerprint density at radius 2 is 2.14 bits per heavy atom. The molecule has 2 unspecified atom stereocenters. The molecule has 2 atom stereocenters. The summed E-state index contributed by atoms with van der Waals surface area (Å²) in [6.07, 6.45) is 10.5. The molecular weight excluding hydrogens is 351 g/mol. The Labute approximate surface area is 166 Å². The Bertz CT molecular complexity index is 882. The van der Waals surface area contributed by atoms with Crippen molar-refractivity contribution in [2.24, 2.45) is 11.8 Å². The lowest BCUT2D eigenvalue weighted by molar-refractivity contribution is -0.125. The van der Waals surface area contributed by atoms with Crippen molar-refractivity contribution in [2.75, 3.05) is 18.9 Å². The molecule has 2 aliphatic rings. The molecule has 1 saturated carbocycles. The molecule has 3 heterocycles. The third kappa shape index (κ3) is 3.71. The third-order valence-corrected chi connectivity index (χ3v) is 6.51. The predicted octanol–water partition coefficient (Wildman–Crippen LogP) is 2.90. The fraction of sp³-hybridized carbons (Fsp3) is 0.600. The van der Waals surface area contributed by atoms with Crippen LogP contribution in [0.4, 0.5) is 5.82 Å². The van der Waals surface area contributed by atoms with Crippen LogP contribution >= 0.6 is 0 Å². The number of hydrogen-bond donors (Lipinski definition) is 2. The number of carbonyl (C=O) groups excluding carboxylic acids is 1. The molecule has 4 rings (SSSR count). The van der Waals surface area contributed by atoms with Crippen LogP contribution < -0.4 is 10.6 Å². The van der Waals surface area contributed by atoms with E-state index < -0.39 is 0 Å². The molecule has 0 aromatic carbocycles. The summed E-state index contributed by atoms with van der Waals surface area (Å²) in [5.74, 6) is 3.99. The first-order valence-electron chi connectivity index (χ1n) is 10.4. The van der Waals surface area contributed by atoms with Gasteiger partial charge < -0.3 is 15.2 Å². The molecule has 2 aromatic heterocycles. The van der Waals surface area contributed by atoms with Gasteiger partial charge >= 0.3 is 0 Å².